The Kier molecular flexibility index (Phi) is 4.65. The zero-order chi connectivity index (χ0) is 14.4. The molecule has 5 nitrogen and oxygen atoms in total. The predicted octanol–water partition coefficient (Wildman–Crippen LogP) is 2.81. The summed E-state index contributed by atoms with van der Waals surface area (Å²) < 4.78 is 1.76. The first-order valence-electron chi connectivity index (χ1n) is 6.59. The minimum Gasteiger partial charge on any atom is -0.350 e. The third-order valence-electron chi connectivity index (χ3n) is 2.87. The minimum absolute atomic E-state index is 0.612. The van der Waals surface area contributed by atoms with Crippen LogP contribution < -0.4 is 5.32 Å². The van der Waals surface area contributed by atoms with Crippen LogP contribution in [0.15, 0.2) is 49.1 Å². The molecule has 2 aromatic rings. The average Bonchev–Trinajstić information content (AvgIpc) is 2.90. The topological polar surface area (TPSA) is 55.6 Å². The molecule has 0 spiro atoms. The Bertz CT molecular complexity index is 595. The summed E-state index contributed by atoms with van der Waals surface area (Å²) in [5.41, 5.74) is 3.11. The molecule has 0 saturated heterocycles. The highest BCUT2D eigenvalue weighted by molar-refractivity contribution is 5.60. The fourth-order valence-electron chi connectivity index (χ4n) is 1.81. The van der Waals surface area contributed by atoms with Gasteiger partial charge in [0.2, 0.25) is 5.95 Å². The summed E-state index contributed by atoms with van der Waals surface area (Å²) in [6.45, 7) is 6.57. The molecule has 2 heterocycles. The van der Waals surface area contributed by atoms with E-state index in [-0.39, 0.29) is 0 Å². The molecule has 0 amide bonds. The fourth-order valence-corrected chi connectivity index (χ4v) is 1.81. The van der Waals surface area contributed by atoms with E-state index in [9.17, 15) is 0 Å². The second-order valence-corrected chi connectivity index (χ2v) is 4.44. The quantitative estimate of drug-likeness (QED) is 0.819. The van der Waals surface area contributed by atoms with Crippen molar-refractivity contribution in [2.24, 2.45) is 7.05 Å². The average molecular weight is 269 g/mol. The molecule has 0 saturated carbocycles. The van der Waals surface area contributed by atoms with Crippen molar-refractivity contribution in [1.29, 1.82) is 0 Å². The van der Waals surface area contributed by atoms with Crippen LogP contribution in [0.4, 0.5) is 5.95 Å². The number of allylic oxidation sites excluding steroid dienone is 1. The number of hydrogen-bond donors (Lipinski definition) is 1. The van der Waals surface area contributed by atoms with Crippen LogP contribution in [-0.4, -0.2) is 26.3 Å². The summed E-state index contributed by atoms with van der Waals surface area (Å²) in [7, 11) is 1.89. The highest BCUT2D eigenvalue weighted by Crippen LogP contribution is 2.16. The van der Waals surface area contributed by atoms with Gasteiger partial charge < -0.3 is 5.32 Å². The Morgan fingerprint density at radius 1 is 1.30 bits per heavy atom. The molecule has 0 fully saturated rings. The summed E-state index contributed by atoms with van der Waals surface area (Å²) in [6, 6.07) is 0. The summed E-state index contributed by atoms with van der Waals surface area (Å²) in [5.74, 6) is 0.612. The van der Waals surface area contributed by atoms with Crippen molar-refractivity contribution < 1.29 is 0 Å². The first kappa shape index (κ1) is 14.0. The lowest BCUT2D eigenvalue weighted by Crippen LogP contribution is -2.06. The van der Waals surface area contributed by atoms with Crippen LogP contribution in [-0.2, 0) is 7.05 Å². The summed E-state index contributed by atoms with van der Waals surface area (Å²) in [5, 5.41) is 7.32. The molecule has 5 heteroatoms. The number of aromatic nitrogens is 4. The molecular weight excluding hydrogens is 250 g/mol. The van der Waals surface area contributed by atoms with Crippen LogP contribution in [0.25, 0.3) is 11.1 Å². The largest absolute Gasteiger partial charge is 0.350 e. The van der Waals surface area contributed by atoms with Crippen molar-refractivity contribution in [2.75, 3.05) is 11.9 Å². The van der Waals surface area contributed by atoms with Crippen LogP contribution in [0, 0.1) is 0 Å². The van der Waals surface area contributed by atoms with Crippen molar-refractivity contribution in [3.8, 4) is 11.1 Å². The first-order chi connectivity index (χ1) is 9.72. The second kappa shape index (κ2) is 6.65. The monoisotopic (exact) mass is 269 g/mol. The number of anilines is 1. The Morgan fingerprint density at radius 3 is 2.60 bits per heavy atom. The molecule has 1 N–H and O–H groups in total. The highest BCUT2D eigenvalue weighted by atomic mass is 15.2. The molecule has 0 aromatic carbocycles. The molecule has 20 heavy (non-hydrogen) atoms. The number of nitrogens with one attached hydrogen (secondary N) is 1. The van der Waals surface area contributed by atoms with Crippen molar-refractivity contribution in [1.82, 2.24) is 19.7 Å². The molecule has 0 radical (unpaired) electrons. The number of hydrogen-bond acceptors (Lipinski definition) is 4. The molecule has 0 aliphatic rings. The van der Waals surface area contributed by atoms with Gasteiger partial charge in [0, 0.05) is 43.3 Å². The molecule has 2 rings (SSSR count). The third-order valence-corrected chi connectivity index (χ3v) is 2.87. The van der Waals surface area contributed by atoms with Crippen LogP contribution in [0.3, 0.4) is 0 Å². The van der Waals surface area contributed by atoms with E-state index in [0.717, 1.165) is 23.1 Å². The highest BCUT2D eigenvalue weighted by Gasteiger charge is 2.02. The van der Waals surface area contributed by atoms with Crippen LogP contribution in [0.1, 0.15) is 13.3 Å². The molecule has 104 valence electrons. The minimum atomic E-state index is 0.612. The van der Waals surface area contributed by atoms with Gasteiger partial charge in [-0.2, -0.15) is 5.10 Å². The van der Waals surface area contributed by atoms with Crippen molar-refractivity contribution in [3.63, 3.8) is 0 Å². The van der Waals surface area contributed by atoms with Crippen LogP contribution >= 0.6 is 0 Å². The molecular formula is C15H19N5. The van der Waals surface area contributed by atoms with Crippen molar-refractivity contribution >= 4 is 5.95 Å². The van der Waals surface area contributed by atoms with Gasteiger partial charge in [0.1, 0.15) is 0 Å². The smallest absolute Gasteiger partial charge is 0.222 e. The fraction of sp³-hybridized carbons (Fsp3) is 0.267. The maximum Gasteiger partial charge on any atom is 0.222 e. The van der Waals surface area contributed by atoms with Gasteiger partial charge in [-0.25, -0.2) is 9.97 Å². The zero-order valence-electron chi connectivity index (χ0n) is 11.9. The molecule has 0 bridgehead atoms. The van der Waals surface area contributed by atoms with Gasteiger partial charge in [0.25, 0.3) is 0 Å². The van der Waals surface area contributed by atoms with Gasteiger partial charge in [-0.1, -0.05) is 25.7 Å². The Morgan fingerprint density at radius 2 is 2.05 bits per heavy atom. The van der Waals surface area contributed by atoms with Crippen molar-refractivity contribution in [2.45, 2.75) is 13.3 Å². The Balaban J connectivity index is 2.01. The SMILES string of the molecule is C=C/C(=C\CC)CNc1ncc(-c2cnn(C)c2)cn1. The normalized spacial score (nSPS) is 11.4. The second-order valence-electron chi connectivity index (χ2n) is 4.44. The van der Waals surface area contributed by atoms with Crippen molar-refractivity contribution in [3.05, 3.63) is 49.1 Å². The van der Waals surface area contributed by atoms with E-state index in [0.29, 0.717) is 12.5 Å². The third kappa shape index (κ3) is 3.54. The van der Waals surface area contributed by atoms with E-state index in [1.807, 2.05) is 19.3 Å². The summed E-state index contributed by atoms with van der Waals surface area (Å²) in [4.78, 5) is 8.62. The van der Waals surface area contributed by atoms with E-state index in [1.54, 1.807) is 23.3 Å². The lowest BCUT2D eigenvalue weighted by Gasteiger charge is -2.05. The lowest BCUT2D eigenvalue weighted by molar-refractivity contribution is 0.768. The summed E-state index contributed by atoms with van der Waals surface area (Å²) >= 11 is 0. The van der Waals surface area contributed by atoms with Gasteiger partial charge in [-0.05, 0) is 12.0 Å². The maximum absolute atomic E-state index is 4.31. The Labute approximate surface area is 119 Å². The van der Waals surface area contributed by atoms with E-state index in [2.05, 4.69) is 40.0 Å². The van der Waals surface area contributed by atoms with Gasteiger partial charge >= 0.3 is 0 Å². The first-order valence-corrected chi connectivity index (χ1v) is 6.59. The van der Waals surface area contributed by atoms with Gasteiger partial charge in [-0.15, -0.1) is 0 Å². The van der Waals surface area contributed by atoms with Gasteiger partial charge in [0.05, 0.1) is 6.20 Å². The van der Waals surface area contributed by atoms with E-state index in [4.69, 9.17) is 0 Å². The molecule has 2 aromatic heterocycles. The van der Waals surface area contributed by atoms with E-state index < -0.39 is 0 Å². The Hall–Kier alpha value is -2.43. The summed E-state index contributed by atoms with van der Waals surface area (Å²) in [6.07, 6.45) is 12.3. The van der Waals surface area contributed by atoms with Crippen LogP contribution in [0.2, 0.25) is 0 Å². The molecule has 0 atom stereocenters. The van der Waals surface area contributed by atoms with Gasteiger partial charge in [0.15, 0.2) is 0 Å². The standard InChI is InChI=1S/C15H19N5/c1-4-6-12(5-2)7-16-15-17-8-13(9-18-15)14-10-19-20(3)11-14/h5-6,8-11H,2,4,7H2,1,3H3,(H,16,17,18)/b12-6+. The lowest BCUT2D eigenvalue weighted by atomic mass is 10.2. The zero-order valence-corrected chi connectivity index (χ0v) is 11.9. The predicted molar refractivity (Wildman–Crippen MR) is 81.3 cm³/mol. The molecule has 0 aliphatic heterocycles. The van der Waals surface area contributed by atoms with Crippen LogP contribution in [0.5, 0.6) is 0 Å². The van der Waals surface area contributed by atoms with E-state index >= 15 is 0 Å². The number of nitrogens with zero attached hydrogens (tertiary/aromatic N) is 4. The number of rotatable bonds is 6. The number of aryl methyl sites for hydroxylation is 1. The van der Waals surface area contributed by atoms with E-state index in [1.165, 1.54) is 0 Å². The molecule has 0 aliphatic carbocycles. The van der Waals surface area contributed by atoms with Gasteiger partial charge in [-0.3, -0.25) is 4.68 Å². The molecule has 0 unspecified atom stereocenters. The maximum atomic E-state index is 4.31.